The molecule has 17 heteroatoms. The van der Waals surface area contributed by atoms with E-state index in [0.717, 1.165) is 6.42 Å². The molecule has 0 saturated heterocycles. The van der Waals surface area contributed by atoms with Crippen LogP contribution in [0.2, 0.25) is 0 Å². The number of halogens is 7. The van der Waals surface area contributed by atoms with Crippen molar-refractivity contribution in [2.24, 2.45) is 17.2 Å². The van der Waals surface area contributed by atoms with Gasteiger partial charge in [-0.05, 0) is 69.5 Å². The molecule has 0 aliphatic rings. The van der Waals surface area contributed by atoms with Crippen LogP contribution in [0.3, 0.4) is 0 Å². The number of carboxylic acids is 1. The van der Waals surface area contributed by atoms with Gasteiger partial charge in [-0.3, -0.25) is 9.59 Å². The minimum atomic E-state index is -5.08. The summed E-state index contributed by atoms with van der Waals surface area (Å²) in [5, 5.41) is 12.5. The molecule has 1 aromatic carbocycles. The number of carbonyl (C=O) groups excluding carboxylic acids is 2. The van der Waals surface area contributed by atoms with E-state index in [9.17, 15) is 40.3 Å². The molecule has 44 heavy (non-hydrogen) atoms. The lowest BCUT2D eigenvalue weighted by atomic mass is 10.1. The molecule has 10 nitrogen and oxygen atoms in total. The van der Waals surface area contributed by atoms with Crippen LogP contribution < -0.4 is 27.8 Å². The fraction of sp³-hybridized carbons (Fsp3) is 0.407. The highest BCUT2D eigenvalue weighted by atomic mass is 19.4. The van der Waals surface area contributed by atoms with E-state index in [1.807, 2.05) is 0 Å². The molecule has 9 N–H and O–H groups in total. The third-order valence-corrected chi connectivity index (χ3v) is 5.61. The summed E-state index contributed by atoms with van der Waals surface area (Å²) >= 11 is 0. The van der Waals surface area contributed by atoms with Gasteiger partial charge < -0.3 is 32.9 Å². The molecular formula is C27H31F7N6O4. The first-order valence-corrected chi connectivity index (χ1v) is 13.0. The predicted octanol–water partition coefficient (Wildman–Crippen LogP) is 2.68. The maximum atomic E-state index is 13.7. The number of nitrogens with one attached hydrogen (secondary N) is 2. The monoisotopic (exact) mass is 636 g/mol. The Hall–Kier alpha value is -4.27. The summed E-state index contributed by atoms with van der Waals surface area (Å²) in [6, 6.07) is 4.19. The summed E-state index contributed by atoms with van der Waals surface area (Å²) in [6.07, 6.45) is -1.59. The van der Waals surface area contributed by atoms with Crippen molar-refractivity contribution < 1.29 is 50.2 Å². The van der Waals surface area contributed by atoms with Crippen LogP contribution in [0.4, 0.5) is 36.4 Å². The van der Waals surface area contributed by atoms with Crippen LogP contribution in [0, 0.1) is 35.4 Å². The first-order chi connectivity index (χ1) is 20.6. The number of anilines is 1. The molecule has 0 aliphatic carbocycles. The minimum Gasteiger partial charge on any atom is -0.475 e. The number of carbonyl (C=O) groups is 3. The van der Waals surface area contributed by atoms with E-state index in [2.05, 4.69) is 27.5 Å². The van der Waals surface area contributed by atoms with Crippen LogP contribution in [0.15, 0.2) is 24.3 Å². The van der Waals surface area contributed by atoms with Gasteiger partial charge in [-0.1, -0.05) is 18.3 Å². The van der Waals surface area contributed by atoms with Gasteiger partial charge in [0, 0.05) is 11.3 Å². The smallest absolute Gasteiger partial charge is 0.475 e. The van der Waals surface area contributed by atoms with Crippen LogP contribution in [0.1, 0.15) is 49.7 Å². The van der Waals surface area contributed by atoms with Crippen LogP contribution in [-0.2, 0) is 14.4 Å². The highest BCUT2D eigenvalue weighted by Crippen LogP contribution is 2.17. The summed E-state index contributed by atoms with van der Waals surface area (Å²) in [5.41, 5.74) is 16.4. The molecule has 2 amide bonds. The first-order valence-electron chi connectivity index (χ1n) is 13.0. The zero-order chi connectivity index (χ0) is 33.4. The fourth-order valence-electron chi connectivity index (χ4n) is 3.28. The molecule has 1 heterocycles. The normalized spacial score (nSPS) is 12.1. The number of aromatic nitrogens is 1. The van der Waals surface area contributed by atoms with Gasteiger partial charge >= 0.3 is 12.1 Å². The van der Waals surface area contributed by atoms with Gasteiger partial charge in [0.25, 0.3) is 11.9 Å². The summed E-state index contributed by atoms with van der Waals surface area (Å²) < 4.78 is 85.6. The summed E-state index contributed by atoms with van der Waals surface area (Å²) in [6.45, 7) is 0.938. The Labute approximate surface area is 247 Å². The van der Waals surface area contributed by atoms with Crippen molar-refractivity contribution in [3.8, 4) is 11.8 Å². The van der Waals surface area contributed by atoms with E-state index >= 15 is 0 Å². The topological polar surface area (TPSA) is 186 Å². The fourth-order valence-corrected chi connectivity index (χ4v) is 3.28. The van der Waals surface area contributed by atoms with Gasteiger partial charge in [-0.2, -0.15) is 26.9 Å². The van der Waals surface area contributed by atoms with E-state index in [-0.39, 0.29) is 5.56 Å². The van der Waals surface area contributed by atoms with Crippen LogP contribution >= 0.6 is 0 Å². The Morgan fingerprint density at radius 2 is 1.34 bits per heavy atom. The van der Waals surface area contributed by atoms with E-state index in [1.165, 1.54) is 24.3 Å². The Morgan fingerprint density at radius 1 is 0.841 bits per heavy atom. The van der Waals surface area contributed by atoms with Crippen molar-refractivity contribution in [1.82, 2.24) is 10.3 Å². The van der Waals surface area contributed by atoms with Gasteiger partial charge in [-0.25, -0.2) is 13.6 Å². The molecule has 1 aromatic heterocycles. The SMILES string of the molecule is NCCCC[C@H](NC(=O)[C@@H](N)CCCCN)C(=O)Nc1ccc(C#Cc2c(F)c(F)nc(F)c2F)cc1.O=C(O)C(F)(F)F. The predicted molar refractivity (Wildman–Crippen MR) is 145 cm³/mol. The van der Waals surface area contributed by atoms with E-state index in [1.54, 1.807) is 0 Å². The van der Waals surface area contributed by atoms with Gasteiger partial charge in [0.2, 0.25) is 11.8 Å². The van der Waals surface area contributed by atoms with Gasteiger partial charge in [0.05, 0.1) is 6.04 Å². The van der Waals surface area contributed by atoms with Gasteiger partial charge in [-0.15, -0.1) is 0 Å². The average molecular weight is 637 g/mol. The molecule has 2 aromatic rings. The summed E-state index contributed by atoms with van der Waals surface area (Å²) in [7, 11) is 0. The molecule has 0 fully saturated rings. The van der Waals surface area contributed by atoms with Crippen molar-refractivity contribution in [2.45, 2.75) is 56.8 Å². The van der Waals surface area contributed by atoms with Crippen molar-refractivity contribution in [2.75, 3.05) is 18.4 Å². The molecule has 0 bridgehead atoms. The van der Waals surface area contributed by atoms with Crippen molar-refractivity contribution in [3.63, 3.8) is 0 Å². The number of nitrogens with two attached hydrogens (primary N) is 3. The quantitative estimate of drug-likeness (QED) is 0.0888. The molecule has 2 atom stereocenters. The van der Waals surface area contributed by atoms with E-state index < -0.39 is 65.1 Å². The van der Waals surface area contributed by atoms with Crippen molar-refractivity contribution >= 4 is 23.5 Å². The summed E-state index contributed by atoms with van der Waals surface area (Å²) in [4.78, 5) is 36.7. The second-order valence-electron chi connectivity index (χ2n) is 9.05. The highest BCUT2D eigenvalue weighted by molar-refractivity contribution is 5.97. The minimum absolute atomic E-state index is 0.255. The van der Waals surface area contributed by atoms with Crippen LogP contribution in [0.5, 0.6) is 0 Å². The maximum absolute atomic E-state index is 13.7. The number of unbranched alkanes of at least 4 members (excludes halogenated alkanes) is 2. The average Bonchev–Trinajstić information content (AvgIpc) is 2.96. The number of hydrogen-bond acceptors (Lipinski definition) is 7. The van der Waals surface area contributed by atoms with Crippen LogP contribution in [-0.4, -0.2) is 59.2 Å². The summed E-state index contributed by atoms with van der Waals surface area (Å²) in [5.74, 6) is -6.21. The number of amides is 2. The number of aliphatic carboxylic acids is 1. The molecule has 2 rings (SSSR count). The van der Waals surface area contributed by atoms with Crippen molar-refractivity contribution in [3.05, 3.63) is 58.9 Å². The number of carboxylic acid groups (broad SMARTS) is 1. The number of benzene rings is 1. The number of hydrogen-bond donors (Lipinski definition) is 6. The van der Waals surface area contributed by atoms with Gasteiger partial charge in [0.15, 0.2) is 11.6 Å². The Bertz CT molecular complexity index is 1300. The standard InChI is InChI=1S/C25H30F4N6O2.C2HF3O2/c26-20-17(21(27)23(29)35-22(20)28)12-9-15-7-10-16(11-8-15)33-25(37)19(6-2-4-14-31)34-24(36)18(32)5-1-3-13-30;3-2(4,5)1(6)7/h7-8,10-11,18-19H,1-6,13-14,30-32H2,(H,33,37)(H,34,36);(H,6,7)/t18-,19-;/m0./s1. The van der Waals surface area contributed by atoms with Crippen molar-refractivity contribution in [1.29, 1.82) is 0 Å². The maximum Gasteiger partial charge on any atom is 0.490 e. The molecule has 242 valence electrons. The molecule has 0 spiro atoms. The second kappa shape index (κ2) is 18.4. The number of rotatable bonds is 12. The number of nitrogens with zero attached hydrogens (tertiary/aromatic N) is 1. The van der Waals surface area contributed by atoms with Crippen LogP contribution in [0.25, 0.3) is 0 Å². The molecule has 0 unspecified atom stereocenters. The number of alkyl halides is 3. The molecule has 0 saturated carbocycles. The zero-order valence-corrected chi connectivity index (χ0v) is 23.1. The third-order valence-electron chi connectivity index (χ3n) is 5.61. The lowest BCUT2D eigenvalue weighted by Crippen LogP contribution is -2.50. The third kappa shape index (κ3) is 12.9. The Balaban J connectivity index is 0.00000123. The largest absolute Gasteiger partial charge is 0.490 e. The second-order valence-corrected chi connectivity index (χ2v) is 9.05. The van der Waals surface area contributed by atoms with Gasteiger partial charge in [0.1, 0.15) is 11.6 Å². The highest BCUT2D eigenvalue weighted by Gasteiger charge is 2.38. The number of pyridine rings is 1. The lowest BCUT2D eigenvalue weighted by molar-refractivity contribution is -0.192. The zero-order valence-electron chi connectivity index (χ0n) is 23.1. The van der Waals surface area contributed by atoms with E-state index in [0.29, 0.717) is 50.9 Å². The molecular weight excluding hydrogens is 605 g/mol. The lowest BCUT2D eigenvalue weighted by Gasteiger charge is -2.21. The van der Waals surface area contributed by atoms with E-state index in [4.69, 9.17) is 27.1 Å². The Kier molecular flexibility index (Phi) is 15.8. The molecule has 0 radical (unpaired) electrons. The molecule has 0 aliphatic heterocycles. The Morgan fingerprint density at radius 3 is 1.82 bits per heavy atom. The first kappa shape index (κ1) is 37.8.